The third-order valence-corrected chi connectivity index (χ3v) is 6.22. The summed E-state index contributed by atoms with van der Waals surface area (Å²) in [5.41, 5.74) is 2.46. The van der Waals surface area contributed by atoms with Gasteiger partial charge in [0.25, 0.3) is 0 Å². The number of aliphatic hydroxyl groups is 4. The second kappa shape index (κ2) is 11.6. The first-order chi connectivity index (χ1) is 14.7. The summed E-state index contributed by atoms with van der Waals surface area (Å²) in [7, 11) is 0. The number of hydrogen-bond acceptors (Lipinski definition) is 6. The fraction of sp³-hybridized carbons (Fsp3) is 0.500. The SMILES string of the molecule is OC[C@@H]1C[C@H](CO)N1Cc1ccccc1.OC[C@@H]1C[C@H](CO)N1Cc1ccccc1. The molecule has 6 heteroatoms. The molecular weight excluding hydrogens is 380 g/mol. The Hall–Kier alpha value is -1.80. The second-order valence-electron chi connectivity index (χ2n) is 8.13. The third-order valence-electron chi connectivity index (χ3n) is 6.22. The number of rotatable bonds is 8. The Bertz CT molecular complexity index is 647. The van der Waals surface area contributed by atoms with E-state index in [4.69, 9.17) is 20.4 Å². The van der Waals surface area contributed by atoms with Gasteiger partial charge in [-0.3, -0.25) is 9.80 Å². The molecule has 2 aromatic carbocycles. The lowest BCUT2D eigenvalue weighted by molar-refractivity contribution is -0.0475. The lowest BCUT2D eigenvalue weighted by Crippen LogP contribution is -2.58. The Balaban J connectivity index is 0.000000171. The van der Waals surface area contributed by atoms with Crippen molar-refractivity contribution in [2.24, 2.45) is 0 Å². The predicted octanol–water partition coefficient (Wildman–Crippen LogP) is 1.23. The molecule has 2 fully saturated rings. The normalized spacial score (nSPS) is 26.3. The molecule has 2 aliphatic rings. The van der Waals surface area contributed by atoms with Crippen molar-refractivity contribution in [1.82, 2.24) is 9.80 Å². The largest absolute Gasteiger partial charge is 0.395 e. The molecule has 30 heavy (non-hydrogen) atoms. The number of hydrogen-bond donors (Lipinski definition) is 4. The van der Waals surface area contributed by atoms with Crippen molar-refractivity contribution in [3.63, 3.8) is 0 Å². The average Bonchev–Trinajstić information content (AvgIpc) is 2.77. The first kappa shape index (κ1) is 22.9. The molecule has 164 valence electrons. The van der Waals surface area contributed by atoms with Crippen LogP contribution in [0.5, 0.6) is 0 Å². The van der Waals surface area contributed by atoms with Crippen LogP contribution in [0.3, 0.4) is 0 Å². The number of likely N-dealkylation sites (tertiary alicyclic amines) is 2. The van der Waals surface area contributed by atoms with E-state index in [-0.39, 0.29) is 50.6 Å². The van der Waals surface area contributed by atoms with Crippen LogP contribution in [0.4, 0.5) is 0 Å². The highest BCUT2D eigenvalue weighted by atomic mass is 16.3. The topological polar surface area (TPSA) is 87.4 Å². The van der Waals surface area contributed by atoms with Crippen LogP contribution in [0.2, 0.25) is 0 Å². The van der Waals surface area contributed by atoms with Crippen molar-refractivity contribution in [3.05, 3.63) is 71.8 Å². The fourth-order valence-corrected chi connectivity index (χ4v) is 4.31. The van der Waals surface area contributed by atoms with Crippen molar-refractivity contribution in [2.45, 2.75) is 50.1 Å². The highest BCUT2D eigenvalue weighted by Crippen LogP contribution is 2.28. The maximum absolute atomic E-state index is 9.12. The van der Waals surface area contributed by atoms with Gasteiger partial charge >= 0.3 is 0 Å². The van der Waals surface area contributed by atoms with Crippen molar-refractivity contribution in [1.29, 1.82) is 0 Å². The lowest BCUT2D eigenvalue weighted by Gasteiger charge is -2.47. The molecule has 0 spiro atoms. The zero-order chi connectivity index (χ0) is 21.3. The zero-order valence-electron chi connectivity index (χ0n) is 17.4. The minimum absolute atomic E-state index is 0.184. The van der Waals surface area contributed by atoms with Gasteiger partial charge in [-0.25, -0.2) is 0 Å². The minimum atomic E-state index is 0.184. The second-order valence-corrected chi connectivity index (χ2v) is 8.13. The molecule has 0 radical (unpaired) electrons. The van der Waals surface area contributed by atoms with Crippen LogP contribution in [0.25, 0.3) is 0 Å². The Morgan fingerprint density at radius 1 is 0.533 bits per heavy atom. The van der Waals surface area contributed by atoms with Gasteiger partial charge in [0.1, 0.15) is 0 Å². The van der Waals surface area contributed by atoms with Gasteiger partial charge in [-0.05, 0) is 24.0 Å². The fourth-order valence-electron chi connectivity index (χ4n) is 4.31. The Morgan fingerprint density at radius 2 is 0.833 bits per heavy atom. The first-order valence-corrected chi connectivity index (χ1v) is 10.7. The van der Waals surface area contributed by atoms with Crippen LogP contribution in [0.15, 0.2) is 60.7 Å². The van der Waals surface area contributed by atoms with E-state index in [9.17, 15) is 0 Å². The van der Waals surface area contributed by atoms with Crippen molar-refractivity contribution >= 4 is 0 Å². The molecule has 0 aliphatic carbocycles. The van der Waals surface area contributed by atoms with Crippen molar-refractivity contribution in [3.8, 4) is 0 Å². The highest BCUT2D eigenvalue weighted by Gasteiger charge is 2.37. The molecule has 2 aliphatic heterocycles. The predicted molar refractivity (Wildman–Crippen MR) is 117 cm³/mol. The van der Waals surface area contributed by atoms with Gasteiger partial charge in [-0.1, -0.05) is 60.7 Å². The van der Waals surface area contributed by atoms with E-state index in [0.717, 1.165) is 25.9 Å². The number of benzene rings is 2. The van der Waals surface area contributed by atoms with E-state index in [2.05, 4.69) is 34.1 Å². The third kappa shape index (κ3) is 5.66. The smallest absolute Gasteiger partial charge is 0.0587 e. The zero-order valence-corrected chi connectivity index (χ0v) is 17.4. The van der Waals surface area contributed by atoms with Gasteiger partial charge < -0.3 is 20.4 Å². The summed E-state index contributed by atoms with van der Waals surface area (Å²) in [6.45, 7) is 2.37. The summed E-state index contributed by atoms with van der Waals surface area (Å²) in [6, 6.07) is 21.2. The first-order valence-electron chi connectivity index (χ1n) is 10.7. The molecule has 0 unspecified atom stereocenters. The molecule has 0 saturated carbocycles. The summed E-state index contributed by atoms with van der Waals surface area (Å²) in [6.07, 6.45) is 1.81. The van der Waals surface area contributed by atoms with E-state index in [1.165, 1.54) is 11.1 Å². The summed E-state index contributed by atoms with van der Waals surface area (Å²) < 4.78 is 0. The van der Waals surface area contributed by atoms with Crippen LogP contribution in [-0.2, 0) is 13.1 Å². The van der Waals surface area contributed by atoms with Crippen LogP contribution in [-0.4, -0.2) is 80.8 Å². The van der Waals surface area contributed by atoms with Gasteiger partial charge in [0, 0.05) is 37.3 Å². The minimum Gasteiger partial charge on any atom is -0.395 e. The van der Waals surface area contributed by atoms with Crippen LogP contribution in [0.1, 0.15) is 24.0 Å². The molecule has 4 N–H and O–H groups in total. The van der Waals surface area contributed by atoms with Crippen molar-refractivity contribution < 1.29 is 20.4 Å². The molecular formula is C24H34N2O4. The summed E-state index contributed by atoms with van der Waals surface area (Å²) >= 11 is 0. The van der Waals surface area contributed by atoms with E-state index < -0.39 is 0 Å². The van der Waals surface area contributed by atoms with Gasteiger partial charge in [0.2, 0.25) is 0 Å². The summed E-state index contributed by atoms with van der Waals surface area (Å²) in [5.74, 6) is 0. The van der Waals surface area contributed by atoms with E-state index in [1.807, 2.05) is 36.4 Å². The molecule has 4 rings (SSSR count). The Kier molecular flexibility index (Phi) is 8.81. The van der Waals surface area contributed by atoms with E-state index in [1.54, 1.807) is 0 Å². The summed E-state index contributed by atoms with van der Waals surface area (Å²) in [5, 5.41) is 36.5. The molecule has 2 saturated heterocycles. The summed E-state index contributed by atoms with van der Waals surface area (Å²) in [4.78, 5) is 4.32. The maximum Gasteiger partial charge on any atom is 0.0587 e. The average molecular weight is 415 g/mol. The van der Waals surface area contributed by atoms with E-state index in [0.29, 0.717) is 0 Å². The Labute approximate surface area is 179 Å². The quantitative estimate of drug-likeness (QED) is 0.520. The van der Waals surface area contributed by atoms with Gasteiger partial charge in [0.05, 0.1) is 26.4 Å². The molecule has 0 amide bonds. The monoisotopic (exact) mass is 414 g/mol. The van der Waals surface area contributed by atoms with Crippen LogP contribution >= 0.6 is 0 Å². The van der Waals surface area contributed by atoms with Gasteiger partial charge in [0.15, 0.2) is 0 Å². The molecule has 2 heterocycles. The van der Waals surface area contributed by atoms with Crippen LogP contribution in [0, 0.1) is 0 Å². The lowest BCUT2D eigenvalue weighted by atomic mass is 9.93. The molecule has 6 nitrogen and oxygen atoms in total. The molecule has 2 aromatic rings. The standard InChI is InChI=1S/2C12H17NO2/c2*14-8-11-6-12(9-15)13(11)7-10-4-2-1-3-5-10/h2*1-5,11-12,14-15H,6-9H2/t2*11-,12+. The van der Waals surface area contributed by atoms with Gasteiger partial charge in [-0.2, -0.15) is 0 Å². The van der Waals surface area contributed by atoms with E-state index >= 15 is 0 Å². The Morgan fingerprint density at radius 3 is 1.10 bits per heavy atom. The van der Waals surface area contributed by atoms with Gasteiger partial charge in [-0.15, -0.1) is 0 Å². The van der Waals surface area contributed by atoms with Crippen molar-refractivity contribution in [2.75, 3.05) is 26.4 Å². The molecule has 4 atom stereocenters. The highest BCUT2D eigenvalue weighted by molar-refractivity contribution is 5.16. The number of nitrogens with zero attached hydrogens (tertiary/aromatic N) is 2. The number of aliphatic hydroxyl groups excluding tert-OH is 4. The molecule has 0 bridgehead atoms. The van der Waals surface area contributed by atoms with Crippen LogP contribution < -0.4 is 0 Å². The maximum atomic E-state index is 9.12. The molecule has 0 aromatic heterocycles.